The zero-order valence-corrected chi connectivity index (χ0v) is 11.1. The number of hydrogen-bond donors (Lipinski definition) is 3. The number of carbonyl (C=O) groups is 1. The Hall–Kier alpha value is -2.38. The maximum absolute atomic E-state index is 11.7. The molecule has 3 N–H and O–H groups in total. The van der Waals surface area contributed by atoms with Gasteiger partial charge in [-0.1, -0.05) is 5.21 Å². The summed E-state index contributed by atoms with van der Waals surface area (Å²) in [7, 11) is 1.73. The predicted molar refractivity (Wildman–Crippen MR) is 69.6 cm³/mol. The van der Waals surface area contributed by atoms with Crippen LogP contribution < -0.4 is 10.6 Å². The van der Waals surface area contributed by atoms with Crippen LogP contribution in [0.15, 0.2) is 12.3 Å². The molecule has 102 valence electrons. The van der Waals surface area contributed by atoms with Gasteiger partial charge in [0.1, 0.15) is 0 Å². The Labute approximate surface area is 110 Å². The van der Waals surface area contributed by atoms with E-state index < -0.39 is 0 Å². The minimum Gasteiger partial charge on any atom is -0.335 e. The second kappa shape index (κ2) is 5.51. The summed E-state index contributed by atoms with van der Waals surface area (Å²) >= 11 is 0. The highest BCUT2D eigenvalue weighted by Crippen LogP contribution is 2.03. The monoisotopic (exact) mass is 263 g/mol. The molecule has 0 aliphatic heterocycles. The lowest BCUT2D eigenvalue weighted by Crippen LogP contribution is -2.37. The highest BCUT2D eigenvalue weighted by atomic mass is 16.2. The summed E-state index contributed by atoms with van der Waals surface area (Å²) in [5, 5.41) is 19.9. The molecular weight excluding hydrogens is 246 g/mol. The van der Waals surface area contributed by atoms with Crippen molar-refractivity contribution < 1.29 is 4.79 Å². The Bertz CT molecular complexity index is 559. The second-order valence-corrected chi connectivity index (χ2v) is 4.52. The SMILES string of the molecule is Cc1cc(CC(C)NC(=O)Nc2cn(C)nn2)n[nH]1. The molecule has 2 rings (SSSR count). The minimum absolute atomic E-state index is 0.0284. The van der Waals surface area contributed by atoms with Crippen molar-refractivity contribution >= 4 is 11.8 Å². The van der Waals surface area contributed by atoms with Crippen molar-refractivity contribution in [3.63, 3.8) is 0 Å². The second-order valence-electron chi connectivity index (χ2n) is 4.52. The quantitative estimate of drug-likeness (QED) is 0.751. The van der Waals surface area contributed by atoms with Gasteiger partial charge in [0.15, 0.2) is 5.82 Å². The van der Waals surface area contributed by atoms with Crippen molar-refractivity contribution in [3.8, 4) is 0 Å². The topological polar surface area (TPSA) is 101 Å². The van der Waals surface area contributed by atoms with Crippen LogP contribution in [0.25, 0.3) is 0 Å². The molecule has 0 radical (unpaired) electrons. The molecule has 0 saturated heterocycles. The summed E-state index contributed by atoms with van der Waals surface area (Å²) < 4.78 is 1.52. The molecule has 19 heavy (non-hydrogen) atoms. The molecule has 1 atom stereocenters. The number of aryl methyl sites for hydroxylation is 2. The van der Waals surface area contributed by atoms with Gasteiger partial charge in [-0.3, -0.25) is 15.1 Å². The largest absolute Gasteiger partial charge is 0.335 e. The van der Waals surface area contributed by atoms with Gasteiger partial charge in [-0.2, -0.15) is 5.10 Å². The summed E-state index contributed by atoms with van der Waals surface area (Å²) in [6.07, 6.45) is 2.29. The van der Waals surface area contributed by atoms with E-state index in [9.17, 15) is 4.79 Å². The van der Waals surface area contributed by atoms with Crippen LogP contribution >= 0.6 is 0 Å². The van der Waals surface area contributed by atoms with Gasteiger partial charge < -0.3 is 5.32 Å². The fraction of sp³-hybridized carbons (Fsp3) is 0.455. The van der Waals surface area contributed by atoms with E-state index in [1.165, 1.54) is 4.68 Å². The summed E-state index contributed by atoms with van der Waals surface area (Å²) in [6.45, 7) is 3.86. The van der Waals surface area contributed by atoms with E-state index in [-0.39, 0.29) is 12.1 Å². The highest BCUT2D eigenvalue weighted by molar-refractivity contribution is 5.88. The third-order valence-electron chi connectivity index (χ3n) is 2.50. The average Bonchev–Trinajstić information content (AvgIpc) is 2.87. The van der Waals surface area contributed by atoms with Gasteiger partial charge in [0.25, 0.3) is 0 Å². The number of amides is 2. The highest BCUT2D eigenvalue weighted by Gasteiger charge is 2.11. The van der Waals surface area contributed by atoms with E-state index in [1.54, 1.807) is 13.2 Å². The fourth-order valence-corrected chi connectivity index (χ4v) is 1.72. The Balaban J connectivity index is 1.81. The first-order chi connectivity index (χ1) is 9.02. The number of rotatable bonds is 4. The van der Waals surface area contributed by atoms with Crippen molar-refractivity contribution in [2.45, 2.75) is 26.3 Å². The Morgan fingerprint density at radius 1 is 1.58 bits per heavy atom. The third kappa shape index (κ3) is 3.80. The Morgan fingerprint density at radius 3 is 2.95 bits per heavy atom. The van der Waals surface area contributed by atoms with Crippen molar-refractivity contribution in [1.29, 1.82) is 0 Å². The molecular formula is C11H17N7O. The number of aromatic amines is 1. The van der Waals surface area contributed by atoms with Crippen LogP contribution in [-0.4, -0.2) is 37.3 Å². The van der Waals surface area contributed by atoms with Crippen LogP contribution in [0.4, 0.5) is 10.6 Å². The molecule has 0 saturated carbocycles. The number of hydrogen-bond acceptors (Lipinski definition) is 4. The van der Waals surface area contributed by atoms with Crippen LogP contribution in [0.1, 0.15) is 18.3 Å². The summed E-state index contributed by atoms with van der Waals surface area (Å²) in [4.78, 5) is 11.7. The van der Waals surface area contributed by atoms with Crippen LogP contribution in [0.5, 0.6) is 0 Å². The molecule has 0 aliphatic rings. The zero-order valence-electron chi connectivity index (χ0n) is 11.1. The normalized spacial score (nSPS) is 12.2. The van der Waals surface area contributed by atoms with E-state index in [0.29, 0.717) is 12.2 Å². The van der Waals surface area contributed by atoms with Gasteiger partial charge in [-0.05, 0) is 19.9 Å². The fourth-order valence-electron chi connectivity index (χ4n) is 1.72. The molecule has 0 aliphatic carbocycles. The first-order valence-electron chi connectivity index (χ1n) is 5.97. The summed E-state index contributed by atoms with van der Waals surface area (Å²) in [5.74, 6) is 0.419. The van der Waals surface area contributed by atoms with E-state index >= 15 is 0 Å². The molecule has 0 spiro atoms. The maximum Gasteiger partial charge on any atom is 0.320 e. The van der Waals surface area contributed by atoms with Crippen molar-refractivity contribution in [2.24, 2.45) is 7.05 Å². The smallest absolute Gasteiger partial charge is 0.320 e. The Morgan fingerprint density at radius 2 is 2.37 bits per heavy atom. The third-order valence-corrected chi connectivity index (χ3v) is 2.50. The van der Waals surface area contributed by atoms with Crippen LogP contribution in [0.3, 0.4) is 0 Å². The van der Waals surface area contributed by atoms with Gasteiger partial charge in [-0.25, -0.2) is 4.79 Å². The number of nitrogens with one attached hydrogen (secondary N) is 3. The molecule has 0 fully saturated rings. The van der Waals surface area contributed by atoms with Gasteiger partial charge in [0, 0.05) is 25.2 Å². The van der Waals surface area contributed by atoms with Crippen molar-refractivity contribution in [1.82, 2.24) is 30.5 Å². The van der Waals surface area contributed by atoms with Crippen LogP contribution in [0.2, 0.25) is 0 Å². The average molecular weight is 263 g/mol. The molecule has 2 aromatic heterocycles. The van der Waals surface area contributed by atoms with Crippen molar-refractivity contribution in [2.75, 3.05) is 5.32 Å². The lowest BCUT2D eigenvalue weighted by atomic mass is 10.2. The molecule has 0 bridgehead atoms. The first-order valence-corrected chi connectivity index (χ1v) is 5.97. The van der Waals surface area contributed by atoms with E-state index in [2.05, 4.69) is 31.1 Å². The number of urea groups is 1. The first kappa shape index (κ1) is 13.1. The predicted octanol–water partition coefficient (Wildman–Crippen LogP) is 0.599. The number of H-pyrrole nitrogens is 1. The molecule has 2 aromatic rings. The number of carbonyl (C=O) groups excluding carboxylic acids is 1. The zero-order chi connectivity index (χ0) is 13.8. The molecule has 2 amide bonds. The van der Waals surface area contributed by atoms with Gasteiger partial charge in [0.05, 0.1) is 11.9 Å². The maximum atomic E-state index is 11.7. The van der Waals surface area contributed by atoms with E-state index in [0.717, 1.165) is 11.4 Å². The number of nitrogens with zero attached hydrogens (tertiary/aromatic N) is 4. The molecule has 8 heteroatoms. The molecule has 1 unspecified atom stereocenters. The minimum atomic E-state index is -0.305. The lowest BCUT2D eigenvalue weighted by Gasteiger charge is -2.12. The summed E-state index contributed by atoms with van der Waals surface area (Å²) in [5.41, 5.74) is 1.93. The molecule has 0 aromatic carbocycles. The van der Waals surface area contributed by atoms with E-state index in [4.69, 9.17) is 0 Å². The van der Waals surface area contributed by atoms with E-state index in [1.807, 2.05) is 19.9 Å². The standard InChI is InChI=1S/C11H17N7O/c1-7(4-9-5-8(2)14-15-9)12-11(19)13-10-6-18(3)17-16-10/h5-7H,4H2,1-3H3,(H,14,15)(H2,12,13,19). The lowest BCUT2D eigenvalue weighted by molar-refractivity contribution is 0.249. The van der Waals surface area contributed by atoms with Crippen LogP contribution in [-0.2, 0) is 13.5 Å². The molecule has 8 nitrogen and oxygen atoms in total. The van der Waals surface area contributed by atoms with Crippen molar-refractivity contribution in [3.05, 3.63) is 23.7 Å². The molecule has 2 heterocycles. The van der Waals surface area contributed by atoms with Gasteiger partial charge >= 0.3 is 6.03 Å². The number of aromatic nitrogens is 5. The van der Waals surface area contributed by atoms with Crippen LogP contribution in [0, 0.1) is 6.92 Å². The van der Waals surface area contributed by atoms with Gasteiger partial charge in [0.2, 0.25) is 0 Å². The summed E-state index contributed by atoms with van der Waals surface area (Å²) in [6, 6.07) is 1.62. The van der Waals surface area contributed by atoms with Gasteiger partial charge in [-0.15, -0.1) is 5.10 Å². The number of anilines is 1. The Kier molecular flexibility index (Phi) is 3.79.